The summed E-state index contributed by atoms with van der Waals surface area (Å²) in [4.78, 5) is 126. The van der Waals surface area contributed by atoms with Gasteiger partial charge in [-0.3, -0.25) is 57.6 Å². The number of nitrogens with one attached hydrogen (secondary N) is 7. The molecule has 0 aromatic carbocycles. The minimum absolute atomic E-state index is 0. The zero-order valence-electron chi connectivity index (χ0n) is 38.9. The van der Waals surface area contributed by atoms with Crippen LogP contribution >= 0.6 is 36.2 Å². The molecule has 7 amide bonds. The van der Waals surface area contributed by atoms with Crippen molar-refractivity contribution in [3.63, 3.8) is 0 Å². The Morgan fingerprint density at radius 1 is 0.588 bits per heavy atom. The highest BCUT2D eigenvalue weighted by atomic mass is 32.2. The molecule has 27 nitrogen and oxygen atoms in total. The quantitative estimate of drug-likeness (QED) is 0.0368. The van der Waals surface area contributed by atoms with Gasteiger partial charge in [-0.2, -0.15) is 24.4 Å². The van der Waals surface area contributed by atoms with Gasteiger partial charge in [0.15, 0.2) is 0 Å². The highest BCUT2D eigenvalue weighted by molar-refractivity contribution is 8.00. The van der Waals surface area contributed by atoms with Crippen LogP contribution in [0.1, 0.15) is 40.5 Å². The van der Waals surface area contributed by atoms with Crippen LogP contribution in [0.15, 0.2) is 24.3 Å². The van der Waals surface area contributed by atoms with Gasteiger partial charge in [0, 0.05) is 73.0 Å². The predicted octanol–water partition coefficient (Wildman–Crippen LogP) is -3.05. The van der Waals surface area contributed by atoms with Gasteiger partial charge in [0.05, 0.1) is 30.6 Å². The van der Waals surface area contributed by atoms with Crippen molar-refractivity contribution in [2.45, 2.75) is 63.1 Å². The third kappa shape index (κ3) is 54.5. The number of carbonyl (C=O) groups is 12. The van der Waals surface area contributed by atoms with Crippen LogP contribution in [-0.4, -0.2) is 212 Å². The first-order valence-electron chi connectivity index (χ1n) is 18.1. The van der Waals surface area contributed by atoms with Crippen molar-refractivity contribution in [2.24, 2.45) is 5.73 Å². The van der Waals surface area contributed by atoms with Gasteiger partial charge < -0.3 is 74.0 Å². The molecule has 4 atom stereocenters. The summed E-state index contributed by atoms with van der Waals surface area (Å²) in [5.41, 5.74) is 4.50. The van der Waals surface area contributed by atoms with Crippen LogP contribution in [-0.2, 0) is 57.5 Å². The number of nitrogens with two attached hydrogens (primary N) is 1. The first-order chi connectivity index (χ1) is 30.3. The minimum atomic E-state index is -1.13. The van der Waals surface area contributed by atoms with E-state index in [2.05, 4.69) is 55.6 Å². The number of aliphatic carboxylic acids is 5. The smallest absolute Gasteiger partial charge is 0.328 e. The summed E-state index contributed by atoms with van der Waals surface area (Å²) in [5, 5.41) is 57.4. The monoisotopic (exact) mass is 1040 g/mol. The van der Waals surface area contributed by atoms with E-state index in [1.807, 2.05) is 0 Å². The van der Waals surface area contributed by atoms with Crippen molar-refractivity contribution >= 4 is 107 Å². The van der Waals surface area contributed by atoms with Crippen LogP contribution in [0.25, 0.3) is 0 Å². The zero-order chi connectivity index (χ0) is 52.8. The molecule has 1 aliphatic heterocycles. The van der Waals surface area contributed by atoms with Crippen molar-refractivity contribution in [1.29, 1.82) is 0 Å². The van der Waals surface area contributed by atoms with E-state index in [1.54, 1.807) is 25.8 Å². The number of hydrogen-bond acceptors (Lipinski definition) is 18. The Kier molecular flexibility index (Phi) is 72.1. The lowest BCUT2D eigenvalue weighted by atomic mass is 10.2. The maximum absolute atomic E-state index is 10.9. The minimum Gasteiger partial charge on any atom is -0.481 e. The molecular formula is C38H77N9O18S3. The molecule has 0 aliphatic carbocycles. The van der Waals surface area contributed by atoms with Crippen LogP contribution in [0.5, 0.6) is 0 Å². The molecule has 0 saturated carbocycles. The van der Waals surface area contributed by atoms with Crippen molar-refractivity contribution in [3.8, 4) is 0 Å². The fourth-order valence-corrected chi connectivity index (χ4v) is 4.29. The van der Waals surface area contributed by atoms with E-state index in [-0.39, 0.29) is 81.5 Å². The number of imide groups is 1. The molecule has 1 heterocycles. The summed E-state index contributed by atoms with van der Waals surface area (Å²) in [6.45, 7) is 0. The average molecular weight is 1040 g/mol. The lowest BCUT2D eigenvalue weighted by molar-refractivity contribution is -0.141. The standard InChI is InChI=1S/2C6H12N2O3.2C6H11NO3S.C5H7NO3.C5H5NO2.CH5N.CH4S.2CH4.H2O/c1-7-4(3-5(9)10)6(11)8-2;1-7-4(6(10)11)3-5(9)8-2;1-7-6(10)4(11-2)3-5(8)9;1-7-5(8)3-4(11-2)6(9)10;1-6-4(7)2-3-5(8)9;1-6-4(7)2-3-5(6)8;2*1-2;;;/h4,7H,3H2,1-2H3,(H,8,11)(H,9,10);4,7H,3H2,1-2H3,(H,8,9)(H,10,11);4H,3H2,1-2H3,(H,7,10)(H,8,9);4H,3H2,1-2H3,(H,7,8)(H,9,10);2-3H,1H3,(H,6,7)(H,8,9);2-3H,1H3;2H2,1H3;2H,1H3;2*1H4;1H2/b;;;;3-2-;;;;;;. The number of nitrogens with zero attached hydrogens (tertiary/aromatic N) is 1. The number of thioether (sulfide) groups is 2. The average Bonchev–Trinajstić information content (AvgIpc) is 3.58. The van der Waals surface area contributed by atoms with Crippen molar-refractivity contribution in [2.75, 3.05) is 82.2 Å². The van der Waals surface area contributed by atoms with Gasteiger partial charge >= 0.3 is 29.8 Å². The number of hydrogen-bond donors (Lipinski definition) is 14. The Morgan fingerprint density at radius 2 is 0.971 bits per heavy atom. The highest BCUT2D eigenvalue weighted by Gasteiger charge is 2.21. The van der Waals surface area contributed by atoms with Gasteiger partial charge in [-0.25, -0.2) is 4.79 Å². The molecule has 0 aromatic rings. The van der Waals surface area contributed by atoms with Gasteiger partial charge in [0.1, 0.15) is 11.3 Å². The summed E-state index contributed by atoms with van der Waals surface area (Å²) >= 11 is 5.93. The topological polar surface area (TPSA) is 451 Å². The lowest BCUT2D eigenvalue weighted by Crippen LogP contribution is -2.42. The van der Waals surface area contributed by atoms with E-state index >= 15 is 0 Å². The summed E-state index contributed by atoms with van der Waals surface area (Å²) in [6, 6.07) is -1.44. The molecule has 68 heavy (non-hydrogen) atoms. The maximum Gasteiger partial charge on any atom is 0.328 e. The van der Waals surface area contributed by atoms with Crippen LogP contribution in [0.4, 0.5) is 0 Å². The number of rotatable bonds is 18. The largest absolute Gasteiger partial charge is 0.481 e. The molecule has 0 radical (unpaired) electrons. The van der Waals surface area contributed by atoms with Gasteiger partial charge in [0.25, 0.3) is 11.8 Å². The van der Waals surface area contributed by atoms with Crippen LogP contribution in [0, 0.1) is 0 Å². The number of likely N-dealkylation sites (N-methyl/N-ethyl adjacent to an activating group) is 5. The van der Waals surface area contributed by atoms with Crippen LogP contribution in [0.2, 0.25) is 0 Å². The lowest BCUT2D eigenvalue weighted by Gasteiger charge is -2.10. The summed E-state index contributed by atoms with van der Waals surface area (Å²) < 4.78 is 0. The Hall–Kier alpha value is -5.79. The molecule has 4 unspecified atom stereocenters. The fourth-order valence-electron chi connectivity index (χ4n) is 3.12. The van der Waals surface area contributed by atoms with Crippen LogP contribution in [0.3, 0.4) is 0 Å². The molecule has 1 aliphatic rings. The van der Waals surface area contributed by atoms with Gasteiger partial charge in [-0.1, -0.05) is 14.9 Å². The second-order valence-electron chi connectivity index (χ2n) is 10.8. The molecule has 1 rings (SSSR count). The van der Waals surface area contributed by atoms with Crippen molar-refractivity contribution in [3.05, 3.63) is 24.3 Å². The van der Waals surface area contributed by atoms with Crippen molar-refractivity contribution in [1.82, 2.24) is 42.1 Å². The molecular weight excluding hydrogens is 967 g/mol. The van der Waals surface area contributed by atoms with Gasteiger partial charge in [-0.05, 0) is 39.9 Å². The summed E-state index contributed by atoms with van der Waals surface area (Å²) in [7, 11) is 13.3. The second-order valence-corrected chi connectivity index (χ2v) is 12.9. The SMILES string of the molecule is C.C.CN.CN1C(=O)C=CC1=O.CNC(=O)/C=C\C(=O)O.CNC(=O)C(CC(=O)O)NC.CNC(=O)C(CC(=O)O)SC.CNC(=O)CC(NC)C(=O)O.CNC(=O)CC(SC)C(=O)O.CS.O. The van der Waals surface area contributed by atoms with E-state index in [1.165, 1.54) is 80.3 Å². The number of carbonyl (C=O) groups excluding carboxylic acids is 7. The first-order valence-corrected chi connectivity index (χ1v) is 21.6. The van der Waals surface area contributed by atoms with E-state index in [0.29, 0.717) is 0 Å². The fraction of sp³-hybridized carbons (Fsp3) is 0.579. The Labute approximate surface area is 412 Å². The zero-order valence-corrected chi connectivity index (χ0v) is 41.4. The highest BCUT2D eigenvalue weighted by Crippen LogP contribution is 2.11. The van der Waals surface area contributed by atoms with Crippen molar-refractivity contribution < 1.29 is 88.5 Å². The molecule has 0 spiro atoms. The summed E-state index contributed by atoms with van der Waals surface area (Å²) in [6.07, 6.45) is 8.97. The van der Waals surface area contributed by atoms with E-state index in [0.717, 1.165) is 28.8 Å². The Balaban J connectivity index is -0.0000000726. The molecule has 400 valence electrons. The molecule has 30 heteroatoms. The summed E-state index contributed by atoms with van der Waals surface area (Å²) in [5.74, 6) is -7.01. The molecule has 16 N–H and O–H groups in total. The number of thiol groups is 1. The first kappa shape index (κ1) is 85.5. The maximum atomic E-state index is 10.9. The second kappa shape index (κ2) is 57.3. The number of carboxylic acids is 5. The number of amides is 7. The van der Waals surface area contributed by atoms with Gasteiger partial charge in [0.2, 0.25) is 29.5 Å². The Bertz CT molecular complexity index is 1450. The van der Waals surface area contributed by atoms with Gasteiger partial charge in [-0.15, -0.1) is 11.8 Å². The predicted molar refractivity (Wildman–Crippen MR) is 265 cm³/mol. The third-order valence-electron chi connectivity index (χ3n) is 6.65. The van der Waals surface area contributed by atoms with E-state index in [4.69, 9.17) is 25.5 Å². The third-order valence-corrected chi connectivity index (χ3v) is 8.54. The normalized spacial score (nSPS) is 11.5. The molecule has 0 saturated heterocycles. The van der Waals surface area contributed by atoms with Crippen LogP contribution < -0.4 is 43.0 Å². The van der Waals surface area contributed by atoms with E-state index in [9.17, 15) is 57.5 Å². The number of carboxylic acid groups (broad SMARTS) is 5. The molecule has 0 fully saturated rings. The van der Waals surface area contributed by atoms with E-state index < -0.39 is 58.3 Å². The molecule has 0 bridgehead atoms. The Morgan fingerprint density at radius 3 is 1.21 bits per heavy atom. The molecule has 0 aromatic heterocycles.